The Bertz CT molecular complexity index is 1300. The van der Waals surface area contributed by atoms with E-state index in [4.69, 9.17) is 18.9 Å². The number of ether oxygens (including phenoxy) is 4. The first-order chi connectivity index (χ1) is 22.5. The molecule has 0 amide bonds. The Morgan fingerprint density at radius 1 is 0.719 bits per heavy atom. The van der Waals surface area contributed by atoms with Crippen molar-refractivity contribution in [1.29, 1.82) is 0 Å². The minimum absolute atomic E-state index is 0. The van der Waals surface area contributed by atoms with Crippen molar-refractivity contribution in [2.45, 2.75) is 203 Å². The van der Waals surface area contributed by atoms with Crippen LogP contribution in [0.15, 0.2) is 0 Å². The summed E-state index contributed by atoms with van der Waals surface area (Å²) in [6, 6.07) is 0. The highest BCUT2D eigenvalue weighted by Crippen LogP contribution is 2.68. The molecule has 10 heteroatoms. The smallest absolute Gasteiger partial charge is 0.309 e. The van der Waals surface area contributed by atoms with E-state index in [1.54, 1.807) is 13.8 Å². The lowest BCUT2D eigenvalue weighted by Gasteiger charge is -2.39. The van der Waals surface area contributed by atoms with Gasteiger partial charge < -0.3 is 24.1 Å². The Kier molecular flexibility index (Phi) is 24.2. The lowest BCUT2D eigenvalue weighted by molar-refractivity contribution is -0.169. The van der Waals surface area contributed by atoms with E-state index in [1.807, 2.05) is 27.7 Å². The van der Waals surface area contributed by atoms with Crippen molar-refractivity contribution in [1.82, 2.24) is 0 Å². The zero-order valence-corrected chi connectivity index (χ0v) is 29.8. The molecule has 0 radical (unpaired) electrons. The average Bonchev–Trinajstić information content (AvgIpc) is 3.83. The number of carbonyl (C=O) groups excluding carboxylic acids is 4. The van der Waals surface area contributed by atoms with Gasteiger partial charge in [-0.05, 0) is 134 Å². The molecule has 14 unspecified atom stereocenters. The van der Waals surface area contributed by atoms with Gasteiger partial charge in [0.25, 0.3) is 0 Å². The molecular formula is C47H92O10. The van der Waals surface area contributed by atoms with Gasteiger partial charge in [-0.2, -0.15) is 0 Å². The Hall–Kier alpha value is -2.65. The SMILES string of the molecule is C.C.C.C.C.C.C.C.C.CC(=O)OC(C)(C)C.CCC(CC(CC(C)(C)C(=O)O)C(=O)OC1CC2CC1C1C3CCC(C3)C21)C(=O)OC1C2CC3C(=O)OC1C3C2. The summed E-state index contributed by atoms with van der Waals surface area (Å²) in [6.07, 6.45) is 7.62. The summed E-state index contributed by atoms with van der Waals surface area (Å²) in [5, 5.41) is 9.85. The average molecular weight is 817 g/mol. The summed E-state index contributed by atoms with van der Waals surface area (Å²) in [7, 11) is 0. The molecule has 1 N–H and O–H groups in total. The molecule has 6 bridgehead atoms. The second-order valence-electron chi connectivity index (χ2n) is 17.8. The highest BCUT2D eigenvalue weighted by Gasteiger charge is 2.64. The zero-order chi connectivity index (χ0) is 34.9. The van der Waals surface area contributed by atoms with Crippen molar-refractivity contribution in [2.75, 3.05) is 0 Å². The molecule has 6 saturated carbocycles. The quantitative estimate of drug-likeness (QED) is 0.129. The second-order valence-corrected chi connectivity index (χ2v) is 17.8. The van der Waals surface area contributed by atoms with Gasteiger partial charge in [0.05, 0.1) is 23.2 Å². The number of hydrogen-bond acceptors (Lipinski definition) is 9. The first kappa shape index (κ1) is 61.0. The highest BCUT2D eigenvalue weighted by atomic mass is 16.6. The molecule has 7 aliphatic rings. The van der Waals surface area contributed by atoms with Crippen LogP contribution < -0.4 is 0 Å². The van der Waals surface area contributed by atoms with Crippen LogP contribution in [0.4, 0.5) is 0 Å². The number of fused-ring (bicyclic) bond motifs is 10. The van der Waals surface area contributed by atoms with E-state index >= 15 is 0 Å². The van der Waals surface area contributed by atoms with Gasteiger partial charge in [0.1, 0.15) is 23.9 Å². The van der Waals surface area contributed by atoms with E-state index in [-0.39, 0.29) is 139 Å². The van der Waals surface area contributed by atoms with Gasteiger partial charge in [0.2, 0.25) is 0 Å². The normalized spacial score (nSPS) is 33.1. The van der Waals surface area contributed by atoms with Crippen LogP contribution in [-0.4, -0.2) is 58.9 Å². The van der Waals surface area contributed by atoms with Crippen molar-refractivity contribution >= 4 is 29.8 Å². The van der Waals surface area contributed by atoms with Gasteiger partial charge in [-0.15, -0.1) is 0 Å². The summed E-state index contributed by atoms with van der Waals surface area (Å²) in [6.45, 7) is 12.1. The van der Waals surface area contributed by atoms with Crippen LogP contribution in [0, 0.1) is 70.5 Å². The molecule has 0 aromatic carbocycles. The lowest BCUT2D eigenvalue weighted by atomic mass is 9.70. The number of carboxylic acids is 1. The van der Waals surface area contributed by atoms with E-state index in [0.29, 0.717) is 30.6 Å². The fourth-order valence-electron chi connectivity index (χ4n) is 11.4. The predicted octanol–water partition coefficient (Wildman–Crippen LogP) is 11.7. The molecule has 0 aromatic heterocycles. The van der Waals surface area contributed by atoms with Crippen LogP contribution >= 0.6 is 0 Å². The van der Waals surface area contributed by atoms with Gasteiger partial charge in [0, 0.05) is 18.8 Å². The van der Waals surface area contributed by atoms with E-state index in [0.717, 1.165) is 37.0 Å². The standard InChI is InChI=1S/C32H44O8.C6H12O2.9CH4/c1-4-14(28(33)39-26-18-10-20-21(11-18)30(35)40-27(20)26)7-19(13-32(2,3)31(36)37)29(34)38-23-12-17-9-22(23)25-16-6-5-15(8-16)24(17)25;1-5(7)8-6(2,3)4;;;;;;;;;/h14-27H,4-13H2,1-3H3,(H,36,37);1-4H3;9*1H4. The topological polar surface area (TPSA) is 143 Å². The number of esters is 4. The Morgan fingerprint density at radius 2 is 1.26 bits per heavy atom. The van der Waals surface area contributed by atoms with Gasteiger partial charge in [0.15, 0.2) is 0 Å². The van der Waals surface area contributed by atoms with Gasteiger partial charge in [-0.3, -0.25) is 24.0 Å². The highest BCUT2D eigenvalue weighted by molar-refractivity contribution is 5.79. The molecule has 1 aliphatic heterocycles. The predicted molar refractivity (Wildman–Crippen MR) is 233 cm³/mol. The molecule has 6 aliphatic carbocycles. The molecule has 340 valence electrons. The van der Waals surface area contributed by atoms with Crippen molar-refractivity contribution in [2.24, 2.45) is 70.5 Å². The molecule has 10 nitrogen and oxygen atoms in total. The first-order valence-electron chi connectivity index (χ1n) is 18.5. The van der Waals surface area contributed by atoms with Crippen LogP contribution in [0.25, 0.3) is 0 Å². The maximum atomic E-state index is 13.8. The summed E-state index contributed by atoms with van der Waals surface area (Å²) in [5.41, 5.74) is -1.46. The Morgan fingerprint density at radius 3 is 1.77 bits per heavy atom. The van der Waals surface area contributed by atoms with Crippen LogP contribution in [-0.2, 0) is 42.9 Å². The van der Waals surface area contributed by atoms with E-state index in [1.165, 1.54) is 26.2 Å². The summed E-state index contributed by atoms with van der Waals surface area (Å²) in [4.78, 5) is 61.6. The van der Waals surface area contributed by atoms with Crippen molar-refractivity contribution in [3.63, 3.8) is 0 Å². The summed E-state index contributed by atoms with van der Waals surface area (Å²) >= 11 is 0. The maximum Gasteiger partial charge on any atom is 0.309 e. The van der Waals surface area contributed by atoms with Crippen LogP contribution in [0.5, 0.6) is 0 Å². The van der Waals surface area contributed by atoms with Crippen molar-refractivity contribution in [3.8, 4) is 0 Å². The molecule has 1 heterocycles. The van der Waals surface area contributed by atoms with E-state index in [2.05, 4.69) is 0 Å². The Balaban J connectivity index is -0.000000755. The number of carboxylic acid groups (broad SMARTS) is 1. The largest absolute Gasteiger partial charge is 0.481 e. The third kappa shape index (κ3) is 12.0. The molecule has 1 saturated heterocycles. The minimum Gasteiger partial charge on any atom is -0.481 e. The first-order valence-corrected chi connectivity index (χ1v) is 18.5. The van der Waals surface area contributed by atoms with Crippen LogP contribution in [0.1, 0.15) is 180 Å². The molecular weight excluding hydrogens is 725 g/mol. The number of aliphatic carboxylic acids is 1. The summed E-state index contributed by atoms with van der Waals surface area (Å²) in [5.74, 6) is 1.14. The number of rotatable bonds is 10. The monoisotopic (exact) mass is 817 g/mol. The third-order valence-electron chi connectivity index (χ3n) is 13.1. The van der Waals surface area contributed by atoms with Crippen LogP contribution in [0.3, 0.4) is 0 Å². The minimum atomic E-state index is -1.13. The van der Waals surface area contributed by atoms with E-state index in [9.17, 15) is 29.1 Å². The molecule has 57 heavy (non-hydrogen) atoms. The maximum absolute atomic E-state index is 13.8. The number of hydrogen-bond donors (Lipinski definition) is 1. The lowest BCUT2D eigenvalue weighted by Crippen LogP contribution is -2.40. The second kappa shape index (κ2) is 22.6. The van der Waals surface area contributed by atoms with Crippen molar-refractivity contribution in [3.05, 3.63) is 0 Å². The molecule has 7 rings (SSSR count). The van der Waals surface area contributed by atoms with E-state index < -0.39 is 29.3 Å². The molecule has 14 atom stereocenters. The van der Waals surface area contributed by atoms with Crippen molar-refractivity contribution < 1.29 is 48.0 Å². The molecule has 0 spiro atoms. The van der Waals surface area contributed by atoms with Gasteiger partial charge in [-0.25, -0.2) is 0 Å². The van der Waals surface area contributed by atoms with Crippen LogP contribution in [0.2, 0.25) is 0 Å². The summed E-state index contributed by atoms with van der Waals surface area (Å²) < 4.78 is 22.6. The number of carbonyl (C=O) groups is 5. The Labute approximate surface area is 351 Å². The molecule has 0 aromatic rings. The third-order valence-corrected chi connectivity index (χ3v) is 13.1. The van der Waals surface area contributed by atoms with Gasteiger partial charge in [-0.1, -0.05) is 73.8 Å². The molecule has 7 fully saturated rings. The van der Waals surface area contributed by atoms with Gasteiger partial charge >= 0.3 is 29.8 Å². The fraction of sp³-hybridized carbons (Fsp3) is 0.894. The zero-order valence-electron chi connectivity index (χ0n) is 29.8. The fourth-order valence-corrected chi connectivity index (χ4v) is 11.4.